The number of Topliss-reactive ketones (excluding diaryl/α,β-unsaturated/α-hetero) is 1. The average molecular weight is 298 g/mol. The molecule has 6 aliphatic rings. The highest BCUT2D eigenvalue weighted by atomic mass is 16.1. The van der Waals surface area contributed by atoms with Crippen LogP contribution in [0.5, 0.6) is 0 Å². The summed E-state index contributed by atoms with van der Waals surface area (Å²) in [4.78, 5) is 25.1. The molecule has 2 nitrogen and oxygen atoms in total. The van der Waals surface area contributed by atoms with Gasteiger partial charge in [0, 0.05) is 17.8 Å². The summed E-state index contributed by atoms with van der Waals surface area (Å²) >= 11 is 0. The first-order valence-electron chi connectivity index (χ1n) is 8.62. The van der Waals surface area contributed by atoms with Gasteiger partial charge in [-0.25, -0.2) is 0 Å². The van der Waals surface area contributed by atoms with E-state index in [-0.39, 0.29) is 34.4 Å². The molecule has 0 aliphatic heterocycles. The quantitative estimate of drug-likeness (QED) is 0.723. The van der Waals surface area contributed by atoms with E-state index in [4.69, 9.17) is 0 Å². The molecule has 6 rings (SSSR count). The third-order valence-electron chi connectivity index (χ3n) is 7.68. The van der Waals surface area contributed by atoms with Crippen LogP contribution in [0.15, 0.2) is 23.8 Å². The minimum Gasteiger partial charge on any atom is -0.299 e. The van der Waals surface area contributed by atoms with Crippen LogP contribution in [0.1, 0.15) is 47.0 Å². The van der Waals surface area contributed by atoms with Crippen molar-refractivity contribution in [1.82, 2.24) is 0 Å². The summed E-state index contributed by atoms with van der Waals surface area (Å²) < 4.78 is 0. The Morgan fingerprint density at radius 2 is 1.59 bits per heavy atom. The number of carbonyl (C=O) groups is 2. The van der Waals surface area contributed by atoms with Gasteiger partial charge in [0.05, 0.1) is 0 Å². The van der Waals surface area contributed by atoms with Crippen LogP contribution in [0, 0.1) is 40.4 Å². The third kappa shape index (κ3) is 1.51. The minimum absolute atomic E-state index is 0.0382. The molecule has 0 saturated heterocycles. The second kappa shape index (κ2) is 4.01. The van der Waals surface area contributed by atoms with Gasteiger partial charge in [-0.2, -0.15) is 0 Å². The summed E-state index contributed by atoms with van der Waals surface area (Å²) in [6.45, 7) is 13.1. The highest BCUT2D eigenvalue weighted by molar-refractivity contribution is 5.96. The van der Waals surface area contributed by atoms with Crippen LogP contribution < -0.4 is 0 Å². The molecule has 6 aliphatic carbocycles. The predicted octanol–water partition coefficient (Wildman–Crippen LogP) is 3.97. The van der Waals surface area contributed by atoms with Gasteiger partial charge in [0.1, 0.15) is 5.78 Å². The first kappa shape index (κ1) is 14.4. The first-order valence-corrected chi connectivity index (χ1v) is 8.62. The largest absolute Gasteiger partial charge is 0.299 e. The summed E-state index contributed by atoms with van der Waals surface area (Å²) in [5.74, 6) is 2.01. The number of rotatable bonds is 2. The van der Waals surface area contributed by atoms with Gasteiger partial charge in [-0.05, 0) is 48.0 Å². The SMILES string of the molecule is C=C1[C@@H](CC2=CC(=O)[C@H]3C[C@H]2C3(C)C)C(=O)[C@H]2C[C@H]1C2(C)C. The van der Waals surface area contributed by atoms with Gasteiger partial charge >= 0.3 is 0 Å². The van der Waals surface area contributed by atoms with Crippen molar-refractivity contribution in [3.05, 3.63) is 23.8 Å². The number of ketones is 2. The molecule has 0 radical (unpaired) electrons. The van der Waals surface area contributed by atoms with Gasteiger partial charge in [0.2, 0.25) is 0 Å². The molecule has 0 aromatic rings. The number of fused-ring (bicyclic) bond motifs is 3. The summed E-state index contributed by atoms with van der Waals surface area (Å²) in [7, 11) is 0. The molecule has 4 saturated carbocycles. The molecule has 2 heteroatoms. The zero-order valence-electron chi connectivity index (χ0n) is 14.1. The van der Waals surface area contributed by atoms with Crippen molar-refractivity contribution in [3.63, 3.8) is 0 Å². The topological polar surface area (TPSA) is 34.1 Å². The molecule has 4 fully saturated rings. The Kier molecular flexibility index (Phi) is 2.63. The Morgan fingerprint density at radius 3 is 2.09 bits per heavy atom. The van der Waals surface area contributed by atoms with Crippen LogP contribution >= 0.6 is 0 Å². The van der Waals surface area contributed by atoms with Crippen LogP contribution in [0.4, 0.5) is 0 Å². The number of carbonyl (C=O) groups excluding carboxylic acids is 2. The number of allylic oxidation sites excluding steroid dienone is 3. The smallest absolute Gasteiger partial charge is 0.159 e. The van der Waals surface area contributed by atoms with Gasteiger partial charge in [0.25, 0.3) is 0 Å². The summed E-state index contributed by atoms with van der Waals surface area (Å²) in [6, 6.07) is 0. The van der Waals surface area contributed by atoms with Crippen molar-refractivity contribution < 1.29 is 9.59 Å². The third-order valence-corrected chi connectivity index (χ3v) is 7.68. The standard InChI is InChI=1S/C20H26O2/c1-10-12(18(22)16-8-13(10)19(16,2)3)6-11-7-17(21)15-9-14(11)20(15,4)5/h7,12-16H,1,6,8-9H2,2-5H3/t12-,13-,14-,15-,16-/m1/s1. The van der Waals surface area contributed by atoms with E-state index in [9.17, 15) is 9.59 Å². The van der Waals surface area contributed by atoms with Gasteiger partial charge in [-0.3, -0.25) is 9.59 Å². The van der Waals surface area contributed by atoms with Crippen LogP contribution in [0.25, 0.3) is 0 Å². The van der Waals surface area contributed by atoms with Crippen molar-refractivity contribution in [2.75, 3.05) is 0 Å². The fourth-order valence-electron chi connectivity index (χ4n) is 5.80. The molecule has 0 aromatic heterocycles. The first-order chi connectivity index (χ1) is 10.2. The van der Waals surface area contributed by atoms with Crippen LogP contribution in [0.2, 0.25) is 0 Å². The fourth-order valence-corrected chi connectivity index (χ4v) is 5.80. The van der Waals surface area contributed by atoms with Crippen molar-refractivity contribution in [2.45, 2.75) is 47.0 Å². The molecule has 0 N–H and O–H groups in total. The lowest BCUT2D eigenvalue weighted by Gasteiger charge is -2.60. The Hall–Kier alpha value is -1.18. The van der Waals surface area contributed by atoms with E-state index in [1.807, 2.05) is 6.08 Å². The lowest BCUT2D eigenvalue weighted by molar-refractivity contribution is -0.148. The molecule has 5 atom stereocenters. The van der Waals surface area contributed by atoms with Crippen LogP contribution in [-0.4, -0.2) is 11.6 Å². The summed E-state index contributed by atoms with van der Waals surface area (Å²) in [5, 5.41) is 0. The van der Waals surface area contributed by atoms with Gasteiger partial charge in [-0.1, -0.05) is 45.4 Å². The van der Waals surface area contributed by atoms with E-state index < -0.39 is 0 Å². The zero-order chi connectivity index (χ0) is 16.0. The molecule has 22 heavy (non-hydrogen) atoms. The summed E-state index contributed by atoms with van der Waals surface area (Å²) in [5.41, 5.74) is 2.53. The van der Waals surface area contributed by atoms with Crippen molar-refractivity contribution in [1.29, 1.82) is 0 Å². The Morgan fingerprint density at radius 1 is 1.00 bits per heavy atom. The van der Waals surface area contributed by atoms with E-state index in [2.05, 4.69) is 34.3 Å². The maximum atomic E-state index is 12.9. The van der Waals surface area contributed by atoms with Crippen LogP contribution in [0.3, 0.4) is 0 Å². The molecule has 118 valence electrons. The molecule has 0 aromatic carbocycles. The Labute approximate surface area is 133 Å². The molecule has 4 bridgehead atoms. The van der Waals surface area contributed by atoms with E-state index in [0.29, 0.717) is 17.6 Å². The van der Waals surface area contributed by atoms with Crippen LogP contribution in [-0.2, 0) is 9.59 Å². The molecular weight excluding hydrogens is 272 g/mol. The molecular formula is C20H26O2. The Bertz CT molecular complexity index is 610. The fraction of sp³-hybridized carbons (Fsp3) is 0.700. The van der Waals surface area contributed by atoms with E-state index in [1.54, 1.807) is 0 Å². The van der Waals surface area contributed by atoms with E-state index >= 15 is 0 Å². The second-order valence-electron chi connectivity index (χ2n) is 9.18. The average Bonchev–Trinajstić information content (AvgIpc) is 2.40. The van der Waals surface area contributed by atoms with Crippen molar-refractivity contribution in [3.8, 4) is 0 Å². The molecule has 0 amide bonds. The van der Waals surface area contributed by atoms with Gasteiger partial charge in [0.15, 0.2) is 5.78 Å². The maximum Gasteiger partial charge on any atom is 0.159 e. The second-order valence-corrected chi connectivity index (χ2v) is 9.18. The lowest BCUT2D eigenvalue weighted by Crippen LogP contribution is -2.58. The number of hydrogen-bond donors (Lipinski definition) is 0. The minimum atomic E-state index is -0.0382. The molecule has 0 heterocycles. The number of hydrogen-bond acceptors (Lipinski definition) is 2. The zero-order valence-corrected chi connectivity index (χ0v) is 14.1. The highest BCUT2D eigenvalue weighted by Gasteiger charge is 2.61. The van der Waals surface area contributed by atoms with Crippen molar-refractivity contribution in [2.24, 2.45) is 40.4 Å². The molecule has 0 spiro atoms. The highest BCUT2D eigenvalue weighted by Crippen LogP contribution is 2.63. The van der Waals surface area contributed by atoms with Crippen molar-refractivity contribution >= 4 is 11.6 Å². The maximum absolute atomic E-state index is 12.9. The lowest BCUT2D eigenvalue weighted by atomic mass is 9.43. The van der Waals surface area contributed by atoms with Gasteiger partial charge in [-0.15, -0.1) is 0 Å². The van der Waals surface area contributed by atoms with E-state index in [0.717, 1.165) is 24.8 Å². The predicted molar refractivity (Wildman–Crippen MR) is 86.1 cm³/mol. The van der Waals surface area contributed by atoms with E-state index in [1.165, 1.54) is 5.57 Å². The monoisotopic (exact) mass is 298 g/mol. The van der Waals surface area contributed by atoms with Gasteiger partial charge < -0.3 is 0 Å². The summed E-state index contributed by atoms with van der Waals surface area (Å²) in [6.07, 6.45) is 4.59. The Balaban J connectivity index is 1.59. The molecule has 0 unspecified atom stereocenters. The normalized spacial score (nSPS) is 44.1.